The van der Waals surface area contributed by atoms with Gasteiger partial charge in [0.1, 0.15) is 0 Å². The summed E-state index contributed by atoms with van der Waals surface area (Å²) in [5.74, 6) is 0. The van der Waals surface area contributed by atoms with Crippen molar-refractivity contribution in [3.8, 4) is 0 Å². The SMILES string of the molecule is CCC(OCC(Cl)(Cl)Cl)OCC(Cl)(Cl)Cl. The zero-order valence-corrected chi connectivity index (χ0v) is 12.3. The Morgan fingerprint density at radius 3 is 1.40 bits per heavy atom. The van der Waals surface area contributed by atoms with Crippen LogP contribution in [0.4, 0.5) is 0 Å². The summed E-state index contributed by atoms with van der Waals surface area (Å²) in [4.78, 5) is 0. The molecule has 0 aliphatic rings. The first-order valence-electron chi connectivity index (χ1n) is 4.01. The molecule has 0 saturated carbocycles. The lowest BCUT2D eigenvalue weighted by Crippen LogP contribution is -2.26. The van der Waals surface area contributed by atoms with Gasteiger partial charge in [0.2, 0.25) is 7.59 Å². The minimum atomic E-state index is -1.48. The zero-order chi connectivity index (χ0) is 12.1. The van der Waals surface area contributed by atoms with E-state index in [1.807, 2.05) is 6.92 Å². The Labute approximate surface area is 119 Å². The summed E-state index contributed by atoms with van der Waals surface area (Å²) < 4.78 is 7.36. The molecular formula is C7H10Cl6O2. The third-order valence-corrected chi connectivity index (χ3v) is 1.85. The predicted octanol–water partition coefficient (Wildman–Crippen LogP) is 4.50. The fourth-order valence-electron chi connectivity index (χ4n) is 0.659. The molecule has 0 rings (SSSR count). The fraction of sp³-hybridized carbons (Fsp3) is 1.00. The van der Waals surface area contributed by atoms with Gasteiger partial charge in [0.05, 0.1) is 13.2 Å². The second-order valence-corrected chi connectivity index (χ2v) is 7.72. The van der Waals surface area contributed by atoms with Crippen LogP contribution in [-0.2, 0) is 9.47 Å². The first-order chi connectivity index (χ1) is 6.64. The first kappa shape index (κ1) is 16.7. The van der Waals surface area contributed by atoms with Gasteiger partial charge in [-0.05, 0) is 6.42 Å². The molecule has 0 N–H and O–H groups in total. The summed E-state index contributed by atoms with van der Waals surface area (Å²) in [6.07, 6.45) is -0.00199. The van der Waals surface area contributed by atoms with Crippen molar-refractivity contribution in [2.75, 3.05) is 13.2 Å². The van der Waals surface area contributed by atoms with Crippen molar-refractivity contribution in [1.29, 1.82) is 0 Å². The number of hydrogen-bond donors (Lipinski definition) is 0. The van der Waals surface area contributed by atoms with E-state index in [4.69, 9.17) is 79.1 Å². The van der Waals surface area contributed by atoms with Gasteiger partial charge in [-0.2, -0.15) is 0 Å². The molecule has 0 aliphatic carbocycles. The Hall–Kier alpha value is 1.66. The second kappa shape index (κ2) is 7.17. The zero-order valence-electron chi connectivity index (χ0n) is 7.78. The van der Waals surface area contributed by atoms with E-state index in [1.165, 1.54) is 0 Å². The standard InChI is InChI=1S/C7H10Cl6O2/c1-2-5(14-3-6(8,9)10)15-4-7(11,12)13/h5H,2-4H2,1H3. The molecule has 0 fully saturated rings. The lowest BCUT2D eigenvalue weighted by atomic mass is 10.5. The molecule has 0 atom stereocenters. The minimum absolute atomic E-state index is 0.0873. The third-order valence-electron chi connectivity index (χ3n) is 1.20. The summed E-state index contributed by atoms with van der Waals surface area (Å²) in [5, 5.41) is 0. The van der Waals surface area contributed by atoms with Gasteiger partial charge in [-0.15, -0.1) is 0 Å². The number of alkyl halides is 6. The molecule has 0 radical (unpaired) electrons. The highest BCUT2D eigenvalue weighted by Crippen LogP contribution is 2.29. The van der Waals surface area contributed by atoms with Crippen molar-refractivity contribution >= 4 is 69.6 Å². The van der Waals surface area contributed by atoms with E-state index >= 15 is 0 Å². The van der Waals surface area contributed by atoms with Crippen molar-refractivity contribution < 1.29 is 9.47 Å². The van der Waals surface area contributed by atoms with Crippen LogP contribution in [0, 0.1) is 0 Å². The number of rotatable bonds is 5. The lowest BCUT2D eigenvalue weighted by molar-refractivity contribution is -0.141. The Kier molecular flexibility index (Phi) is 7.97. The quantitative estimate of drug-likeness (QED) is 0.543. The van der Waals surface area contributed by atoms with Crippen molar-refractivity contribution in [3.63, 3.8) is 0 Å². The maximum absolute atomic E-state index is 5.50. The largest absolute Gasteiger partial charge is 0.348 e. The Bertz CT molecular complexity index is 157. The molecule has 0 aromatic rings. The van der Waals surface area contributed by atoms with E-state index < -0.39 is 13.9 Å². The minimum Gasteiger partial charge on any atom is -0.348 e. The van der Waals surface area contributed by atoms with Crippen LogP contribution in [-0.4, -0.2) is 27.1 Å². The highest BCUT2D eigenvalue weighted by molar-refractivity contribution is 6.68. The number of ether oxygens (including phenoxy) is 2. The molecule has 0 unspecified atom stereocenters. The molecule has 2 nitrogen and oxygen atoms in total. The van der Waals surface area contributed by atoms with E-state index in [0.29, 0.717) is 6.42 Å². The van der Waals surface area contributed by atoms with Gasteiger partial charge in [0, 0.05) is 0 Å². The predicted molar refractivity (Wildman–Crippen MR) is 66.6 cm³/mol. The van der Waals surface area contributed by atoms with Crippen LogP contribution in [0.5, 0.6) is 0 Å². The van der Waals surface area contributed by atoms with Gasteiger partial charge in [0.15, 0.2) is 6.29 Å². The van der Waals surface area contributed by atoms with E-state index in [0.717, 1.165) is 0 Å². The third kappa shape index (κ3) is 11.9. The smallest absolute Gasteiger partial charge is 0.213 e. The van der Waals surface area contributed by atoms with Gasteiger partial charge >= 0.3 is 0 Å². The number of halogens is 6. The topological polar surface area (TPSA) is 18.5 Å². The van der Waals surface area contributed by atoms with Gasteiger partial charge < -0.3 is 9.47 Å². The van der Waals surface area contributed by atoms with Crippen LogP contribution in [0.15, 0.2) is 0 Å². The monoisotopic (exact) mass is 336 g/mol. The van der Waals surface area contributed by atoms with E-state index in [9.17, 15) is 0 Å². The molecule has 0 aromatic heterocycles. The van der Waals surface area contributed by atoms with Crippen LogP contribution < -0.4 is 0 Å². The van der Waals surface area contributed by atoms with Gasteiger partial charge in [0.25, 0.3) is 0 Å². The molecule has 0 saturated heterocycles. The van der Waals surface area contributed by atoms with Crippen molar-refractivity contribution in [2.45, 2.75) is 27.2 Å². The summed E-state index contributed by atoms with van der Waals surface area (Å²) in [7, 11) is 0. The molecule has 8 heteroatoms. The first-order valence-corrected chi connectivity index (χ1v) is 6.27. The van der Waals surface area contributed by atoms with Gasteiger partial charge in [-0.3, -0.25) is 0 Å². The Morgan fingerprint density at radius 2 is 1.20 bits per heavy atom. The van der Waals surface area contributed by atoms with Crippen LogP contribution in [0.2, 0.25) is 0 Å². The fourth-order valence-corrected chi connectivity index (χ4v) is 1.04. The van der Waals surface area contributed by atoms with Crippen molar-refractivity contribution in [3.05, 3.63) is 0 Å². The van der Waals surface area contributed by atoms with Crippen molar-refractivity contribution in [1.82, 2.24) is 0 Å². The average Bonchev–Trinajstić information content (AvgIpc) is 2.00. The molecule has 0 amide bonds. The Morgan fingerprint density at radius 1 is 0.867 bits per heavy atom. The van der Waals surface area contributed by atoms with Crippen molar-refractivity contribution in [2.24, 2.45) is 0 Å². The second-order valence-electron chi connectivity index (χ2n) is 2.69. The van der Waals surface area contributed by atoms with E-state index in [1.54, 1.807) is 0 Å². The summed E-state index contributed by atoms with van der Waals surface area (Å²) in [6.45, 7) is 1.66. The van der Waals surface area contributed by atoms with Crippen LogP contribution >= 0.6 is 69.6 Å². The Balaban J connectivity index is 3.84. The average molecular weight is 339 g/mol. The summed E-state index contributed by atoms with van der Waals surface area (Å²) >= 11 is 33.0. The maximum Gasteiger partial charge on any atom is 0.213 e. The van der Waals surface area contributed by atoms with E-state index in [2.05, 4.69) is 0 Å². The van der Waals surface area contributed by atoms with Gasteiger partial charge in [-0.25, -0.2) is 0 Å². The number of hydrogen-bond acceptors (Lipinski definition) is 2. The van der Waals surface area contributed by atoms with Crippen LogP contribution in [0.25, 0.3) is 0 Å². The molecule has 0 spiro atoms. The summed E-state index contributed by atoms with van der Waals surface area (Å²) in [6, 6.07) is 0. The van der Waals surface area contributed by atoms with E-state index in [-0.39, 0.29) is 13.2 Å². The highest BCUT2D eigenvalue weighted by atomic mass is 35.6. The molecule has 0 bridgehead atoms. The molecule has 15 heavy (non-hydrogen) atoms. The molecule has 0 heterocycles. The van der Waals surface area contributed by atoms with Crippen LogP contribution in [0.1, 0.15) is 13.3 Å². The molecule has 92 valence electrons. The normalized spacial score (nSPS) is 13.6. The summed E-state index contributed by atoms with van der Waals surface area (Å²) in [5.41, 5.74) is 0. The molecular weight excluding hydrogens is 329 g/mol. The lowest BCUT2D eigenvalue weighted by Gasteiger charge is -2.21. The molecule has 0 aliphatic heterocycles. The van der Waals surface area contributed by atoms with Gasteiger partial charge in [-0.1, -0.05) is 76.5 Å². The highest BCUT2D eigenvalue weighted by Gasteiger charge is 2.25. The maximum atomic E-state index is 5.50. The molecule has 0 aromatic carbocycles. The van der Waals surface area contributed by atoms with Crippen LogP contribution in [0.3, 0.4) is 0 Å².